The van der Waals surface area contributed by atoms with Crippen LogP contribution in [0.25, 0.3) is 10.9 Å². The van der Waals surface area contributed by atoms with Crippen LogP contribution >= 0.6 is 0 Å². The van der Waals surface area contributed by atoms with Crippen LogP contribution in [-0.2, 0) is 9.53 Å². The van der Waals surface area contributed by atoms with Crippen molar-refractivity contribution in [3.8, 4) is 0 Å². The van der Waals surface area contributed by atoms with E-state index in [0.717, 1.165) is 6.07 Å². The van der Waals surface area contributed by atoms with Crippen LogP contribution in [0.4, 0.5) is 10.1 Å². The average molecular weight is 291 g/mol. The number of fused-ring (bicyclic) bond motifs is 1. The summed E-state index contributed by atoms with van der Waals surface area (Å²) in [5.41, 5.74) is -0.162. The molecule has 2 N–H and O–H groups in total. The number of H-pyrrole nitrogens is 1. The number of halogens is 1. The number of nitrogens with one attached hydrogen (secondary N) is 2. The lowest BCUT2D eigenvalue weighted by atomic mass is 10.0. The quantitative estimate of drug-likeness (QED) is 0.876. The van der Waals surface area contributed by atoms with Gasteiger partial charge in [0.25, 0.3) is 5.56 Å². The Bertz CT molecular complexity index is 759. The molecule has 1 saturated heterocycles. The molecule has 110 valence electrons. The Labute approximate surface area is 119 Å². The Morgan fingerprint density at radius 1 is 1.52 bits per heavy atom. The number of carbonyl (C=O) groups is 1. The Kier molecular flexibility index (Phi) is 3.42. The first-order chi connectivity index (χ1) is 10.1. The van der Waals surface area contributed by atoms with Crippen molar-refractivity contribution in [1.29, 1.82) is 0 Å². The standard InChI is InChI=1S/C14H14FN3O3/c1-7-8(2-3-21-7)14(20)18-12-4-9-11(5-10(12)15)16-6-17-13(9)19/h4-8H,2-3H2,1H3,(H,18,20)(H,16,17,19). The average Bonchev–Trinajstić information content (AvgIpc) is 2.87. The molecule has 1 amide bonds. The first-order valence-corrected chi connectivity index (χ1v) is 6.65. The zero-order valence-corrected chi connectivity index (χ0v) is 11.4. The van der Waals surface area contributed by atoms with E-state index in [1.165, 1.54) is 12.4 Å². The van der Waals surface area contributed by atoms with Gasteiger partial charge in [-0.1, -0.05) is 0 Å². The highest BCUT2D eigenvalue weighted by molar-refractivity contribution is 5.95. The third-order valence-corrected chi connectivity index (χ3v) is 3.70. The van der Waals surface area contributed by atoms with E-state index in [-0.39, 0.29) is 40.1 Å². The molecule has 1 aliphatic rings. The van der Waals surface area contributed by atoms with Gasteiger partial charge >= 0.3 is 0 Å². The van der Waals surface area contributed by atoms with Gasteiger partial charge in [-0.05, 0) is 19.4 Å². The molecule has 0 saturated carbocycles. The predicted molar refractivity (Wildman–Crippen MR) is 74.5 cm³/mol. The number of rotatable bonds is 2. The second kappa shape index (κ2) is 5.25. The predicted octanol–water partition coefficient (Wildman–Crippen LogP) is 1.43. The molecule has 0 bridgehead atoms. The highest BCUT2D eigenvalue weighted by Gasteiger charge is 2.31. The first kappa shape index (κ1) is 13.7. The molecule has 1 aliphatic heterocycles. The summed E-state index contributed by atoms with van der Waals surface area (Å²) in [6, 6.07) is 2.43. The summed E-state index contributed by atoms with van der Waals surface area (Å²) in [7, 11) is 0. The van der Waals surface area contributed by atoms with E-state index < -0.39 is 5.82 Å². The summed E-state index contributed by atoms with van der Waals surface area (Å²) in [6.45, 7) is 2.33. The minimum Gasteiger partial charge on any atom is -0.378 e. The molecule has 1 fully saturated rings. The van der Waals surface area contributed by atoms with Crippen molar-refractivity contribution in [2.45, 2.75) is 19.4 Å². The smallest absolute Gasteiger partial charge is 0.258 e. The highest BCUT2D eigenvalue weighted by Crippen LogP contribution is 2.24. The van der Waals surface area contributed by atoms with Gasteiger partial charge in [0, 0.05) is 12.7 Å². The maximum absolute atomic E-state index is 14.0. The van der Waals surface area contributed by atoms with Gasteiger partial charge < -0.3 is 15.0 Å². The number of amides is 1. The van der Waals surface area contributed by atoms with Crippen molar-refractivity contribution in [2.75, 3.05) is 11.9 Å². The van der Waals surface area contributed by atoms with Gasteiger partial charge in [0.2, 0.25) is 5.91 Å². The number of benzene rings is 1. The molecule has 2 unspecified atom stereocenters. The maximum Gasteiger partial charge on any atom is 0.258 e. The minimum absolute atomic E-state index is 0.0231. The number of carbonyl (C=O) groups excluding carboxylic acids is 1. The summed E-state index contributed by atoms with van der Waals surface area (Å²) in [5.74, 6) is -1.24. The lowest BCUT2D eigenvalue weighted by Crippen LogP contribution is -2.28. The third-order valence-electron chi connectivity index (χ3n) is 3.70. The highest BCUT2D eigenvalue weighted by atomic mass is 19.1. The second-order valence-corrected chi connectivity index (χ2v) is 5.04. The fraction of sp³-hybridized carbons (Fsp3) is 0.357. The van der Waals surface area contributed by atoms with Crippen LogP contribution in [0.1, 0.15) is 13.3 Å². The topological polar surface area (TPSA) is 84.1 Å². The number of aromatic nitrogens is 2. The molecule has 0 aliphatic carbocycles. The first-order valence-electron chi connectivity index (χ1n) is 6.65. The van der Waals surface area contributed by atoms with E-state index in [0.29, 0.717) is 13.0 Å². The van der Waals surface area contributed by atoms with Crippen LogP contribution in [0, 0.1) is 11.7 Å². The van der Waals surface area contributed by atoms with E-state index in [1.54, 1.807) is 0 Å². The third kappa shape index (κ3) is 2.52. The Hall–Kier alpha value is -2.28. The van der Waals surface area contributed by atoms with Crippen LogP contribution in [0.5, 0.6) is 0 Å². The van der Waals surface area contributed by atoms with Crippen LogP contribution < -0.4 is 10.9 Å². The van der Waals surface area contributed by atoms with E-state index in [1.807, 2.05) is 6.92 Å². The molecular weight excluding hydrogens is 277 g/mol. The van der Waals surface area contributed by atoms with E-state index >= 15 is 0 Å². The number of nitrogens with zero attached hydrogens (tertiary/aromatic N) is 1. The van der Waals surface area contributed by atoms with E-state index in [2.05, 4.69) is 15.3 Å². The van der Waals surface area contributed by atoms with Gasteiger partial charge in [0.15, 0.2) is 0 Å². The van der Waals surface area contributed by atoms with Gasteiger partial charge in [-0.25, -0.2) is 9.37 Å². The summed E-state index contributed by atoms with van der Waals surface area (Å²) >= 11 is 0. The number of aromatic amines is 1. The Balaban J connectivity index is 1.93. The molecule has 7 heteroatoms. The van der Waals surface area contributed by atoms with Crippen LogP contribution in [0.15, 0.2) is 23.3 Å². The lowest BCUT2D eigenvalue weighted by molar-refractivity contribution is -0.121. The van der Waals surface area contributed by atoms with Crippen molar-refractivity contribution in [3.63, 3.8) is 0 Å². The minimum atomic E-state index is -0.625. The second-order valence-electron chi connectivity index (χ2n) is 5.04. The summed E-state index contributed by atoms with van der Waals surface area (Å²) in [5, 5.41) is 2.75. The fourth-order valence-corrected chi connectivity index (χ4v) is 2.49. The zero-order valence-electron chi connectivity index (χ0n) is 11.4. The van der Waals surface area contributed by atoms with E-state index in [9.17, 15) is 14.0 Å². The summed E-state index contributed by atoms with van der Waals surface area (Å²) in [4.78, 5) is 30.1. The molecular formula is C14H14FN3O3. The molecule has 1 aromatic carbocycles. The Morgan fingerprint density at radius 2 is 2.33 bits per heavy atom. The van der Waals surface area contributed by atoms with Gasteiger partial charge in [-0.15, -0.1) is 0 Å². The number of anilines is 1. The SMILES string of the molecule is CC1OCCC1C(=O)Nc1cc2c(=O)[nH]cnc2cc1F. The molecule has 2 heterocycles. The lowest BCUT2D eigenvalue weighted by Gasteiger charge is -2.14. The normalized spacial score (nSPS) is 21.6. The molecule has 21 heavy (non-hydrogen) atoms. The molecule has 6 nitrogen and oxygen atoms in total. The van der Waals surface area contributed by atoms with Crippen molar-refractivity contribution < 1.29 is 13.9 Å². The zero-order chi connectivity index (χ0) is 15.0. The van der Waals surface area contributed by atoms with Gasteiger partial charge in [-0.3, -0.25) is 9.59 Å². The number of ether oxygens (including phenoxy) is 1. The van der Waals surface area contributed by atoms with Gasteiger partial charge in [0.05, 0.1) is 34.9 Å². The number of hydrogen-bond donors (Lipinski definition) is 2. The van der Waals surface area contributed by atoms with Crippen LogP contribution in [0.3, 0.4) is 0 Å². The summed E-state index contributed by atoms with van der Waals surface area (Å²) in [6.07, 6.45) is 1.61. The molecule has 2 atom stereocenters. The van der Waals surface area contributed by atoms with Crippen molar-refractivity contribution in [2.24, 2.45) is 5.92 Å². The molecule has 0 radical (unpaired) electrons. The molecule has 3 rings (SSSR count). The molecule has 0 spiro atoms. The molecule has 1 aromatic heterocycles. The summed E-state index contributed by atoms with van der Waals surface area (Å²) < 4.78 is 19.3. The monoisotopic (exact) mass is 291 g/mol. The van der Waals surface area contributed by atoms with Crippen LogP contribution in [-0.4, -0.2) is 28.6 Å². The van der Waals surface area contributed by atoms with Crippen molar-refractivity contribution >= 4 is 22.5 Å². The number of hydrogen-bond acceptors (Lipinski definition) is 4. The van der Waals surface area contributed by atoms with Gasteiger partial charge in [0.1, 0.15) is 5.82 Å². The van der Waals surface area contributed by atoms with Crippen molar-refractivity contribution in [1.82, 2.24) is 9.97 Å². The van der Waals surface area contributed by atoms with Crippen molar-refractivity contribution in [3.05, 3.63) is 34.6 Å². The maximum atomic E-state index is 14.0. The fourth-order valence-electron chi connectivity index (χ4n) is 2.49. The van der Waals surface area contributed by atoms with E-state index in [4.69, 9.17) is 4.74 Å². The Morgan fingerprint density at radius 3 is 3.05 bits per heavy atom. The largest absolute Gasteiger partial charge is 0.378 e. The molecule has 2 aromatic rings. The van der Waals surface area contributed by atoms with Crippen LogP contribution in [0.2, 0.25) is 0 Å². The van der Waals surface area contributed by atoms with Gasteiger partial charge in [-0.2, -0.15) is 0 Å².